The van der Waals surface area contributed by atoms with Gasteiger partial charge in [-0.1, -0.05) is 39.5 Å². The van der Waals surface area contributed by atoms with Crippen molar-refractivity contribution in [1.82, 2.24) is 5.32 Å². The van der Waals surface area contributed by atoms with Crippen LogP contribution in [0.15, 0.2) is 0 Å². The molecule has 0 spiro atoms. The predicted molar refractivity (Wildman–Crippen MR) is 63.1 cm³/mol. The van der Waals surface area contributed by atoms with Crippen LogP contribution in [0.5, 0.6) is 0 Å². The van der Waals surface area contributed by atoms with E-state index in [0.29, 0.717) is 12.5 Å². The van der Waals surface area contributed by atoms with Gasteiger partial charge in [0.15, 0.2) is 0 Å². The molecule has 2 unspecified atom stereocenters. The van der Waals surface area contributed by atoms with E-state index < -0.39 is 5.97 Å². The van der Waals surface area contributed by atoms with Crippen LogP contribution in [0, 0.1) is 0 Å². The van der Waals surface area contributed by atoms with Crippen molar-refractivity contribution in [3.63, 3.8) is 0 Å². The summed E-state index contributed by atoms with van der Waals surface area (Å²) < 4.78 is 0. The average Bonchev–Trinajstić information content (AvgIpc) is 2.17. The zero-order chi connectivity index (χ0) is 11.7. The van der Waals surface area contributed by atoms with Gasteiger partial charge in [-0.2, -0.15) is 0 Å². The van der Waals surface area contributed by atoms with Gasteiger partial charge in [0.25, 0.3) is 0 Å². The highest BCUT2D eigenvalue weighted by molar-refractivity contribution is 5.73. The Bertz CT molecular complexity index is 171. The Labute approximate surface area is 93.3 Å². The maximum Gasteiger partial charge on any atom is 0.320 e. The van der Waals surface area contributed by atoms with Gasteiger partial charge in [0.2, 0.25) is 0 Å². The smallest absolute Gasteiger partial charge is 0.320 e. The number of hydrogen-bond donors (Lipinski definition) is 2. The van der Waals surface area contributed by atoms with E-state index in [1.807, 2.05) is 6.92 Å². The largest absolute Gasteiger partial charge is 0.480 e. The third kappa shape index (κ3) is 7.37. The number of nitrogens with one attached hydrogen (secondary N) is 1. The number of carboxylic acids is 1. The third-order valence-corrected chi connectivity index (χ3v) is 2.60. The lowest BCUT2D eigenvalue weighted by Crippen LogP contribution is -2.41. The van der Waals surface area contributed by atoms with Crippen LogP contribution >= 0.6 is 0 Å². The number of carboxylic acid groups (broad SMARTS) is 1. The number of unbranched alkanes of at least 4 members (excludes halogenated alkanes) is 2. The minimum atomic E-state index is -0.723. The van der Waals surface area contributed by atoms with Crippen LogP contribution in [-0.2, 0) is 4.79 Å². The molecule has 0 amide bonds. The summed E-state index contributed by atoms with van der Waals surface area (Å²) in [7, 11) is 0. The Morgan fingerprint density at radius 2 is 1.87 bits per heavy atom. The van der Waals surface area contributed by atoms with Crippen molar-refractivity contribution < 1.29 is 9.90 Å². The number of rotatable bonds is 9. The second-order valence-electron chi connectivity index (χ2n) is 4.24. The van der Waals surface area contributed by atoms with E-state index in [9.17, 15) is 4.79 Å². The van der Waals surface area contributed by atoms with E-state index in [1.54, 1.807) is 0 Å². The van der Waals surface area contributed by atoms with Gasteiger partial charge in [-0.3, -0.25) is 4.79 Å². The molecule has 15 heavy (non-hydrogen) atoms. The fourth-order valence-corrected chi connectivity index (χ4v) is 1.69. The highest BCUT2D eigenvalue weighted by Crippen LogP contribution is 2.05. The normalized spacial score (nSPS) is 14.9. The molecule has 0 rings (SSSR count). The van der Waals surface area contributed by atoms with E-state index in [2.05, 4.69) is 19.2 Å². The van der Waals surface area contributed by atoms with Crippen molar-refractivity contribution in [1.29, 1.82) is 0 Å². The predicted octanol–water partition coefficient (Wildman–Crippen LogP) is 2.80. The van der Waals surface area contributed by atoms with Crippen LogP contribution in [0.4, 0.5) is 0 Å². The van der Waals surface area contributed by atoms with Crippen molar-refractivity contribution in [2.45, 2.75) is 71.4 Å². The SMILES string of the molecule is CCCCCC(C)NC(CCC)C(=O)O. The minimum absolute atomic E-state index is 0.309. The van der Waals surface area contributed by atoms with Crippen molar-refractivity contribution in [2.24, 2.45) is 0 Å². The lowest BCUT2D eigenvalue weighted by Gasteiger charge is -2.19. The lowest BCUT2D eigenvalue weighted by atomic mass is 10.1. The molecule has 0 radical (unpaired) electrons. The van der Waals surface area contributed by atoms with Gasteiger partial charge < -0.3 is 10.4 Å². The Morgan fingerprint density at radius 3 is 2.33 bits per heavy atom. The molecule has 0 aliphatic heterocycles. The molecule has 0 aliphatic rings. The zero-order valence-electron chi connectivity index (χ0n) is 10.3. The summed E-state index contributed by atoms with van der Waals surface area (Å²) in [5.74, 6) is -0.723. The number of hydrogen-bond acceptors (Lipinski definition) is 2. The minimum Gasteiger partial charge on any atom is -0.480 e. The van der Waals surface area contributed by atoms with Gasteiger partial charge in [0.1, 0.15) is 6.04 Å². The Morgan fingerprint density at radius 1 is 1.20 bits per heavy atom. The topological polar surface area (TPSA) is 49.3 Å². The summed E-state index contributed by atoms with van der Waals surface area (Å²) >= 11 is 0. The Kier molecular flexibility index (Phi) is 8.38. The van der Waals surface area contributed by atoms with E-state index in [4.69, 9.17) is 5.11 Å². The first kappa shape index (κ1) is 14.4. The molecule has 0 aromatic rings. The molecule has 3 heteroatoms. The molecule has 2 atom stereocenters. The first-order chi connectivity index (χ1) is 7.11. The molecule has 0 aromatic carbocycles. The molecule has 0 aromatic heterocycles. The molecule has 0 heterocycles. The van der Waals surface area contributed by atoms with Crippen LogP contribution in [0.25, 0.3) is 0 Å². The standard InChI is InChI=1S/C12H25NO2/c1-4-6-7-9-10(3)13-11(8-5-2)12(14)15/h10-11,13H,4-9H2,1-3H3,(H,14,15). The first-order valence-corrected chi connectivity index (χ1v) is 6.10. The highest BCUT2D eigenvalue weighted by Gasteiger charge is 2.17. The quantitative estimate of drug-likeness (QED) is 0.581. The van der Waals surface area contributed by atoms with Crippen LogP contribution < -0.4 is 5.32 Å². The van der Waals surface area contributed by atoms with E-state index in [1.165, 1.54) is 19.3 Å². The molecule has 0 saturated carbocycles. The molecule has 0 fully saturated rings. The summed E-state index contributed by atoms with van der Waals surface area (Å²) in [4.78, 5) is 10.9. The fourth-order valence-electron chi connectivity index (χ4n) is 1.69. The van der Waals surface area contributed by atoms with Gasteiger partial charge in [0.05, 0.1) is 0 Å². The van der Waals surface area contributed by atoms with Crippen LogP contribution in [0.2, 0.25) is 0 Å². The number of aliphatic carboxylic acids is 1. The maximum absolute atomic E-state index is 10.9. The molecular weight excluding hydrogens is 190 g/mol. The van der Waals surface area contributed by atoms with Gasteiger partial charge >= 0.3 is 5.97 Å². The summed E-state index contributed by atoms with van der Waals surface area (Å²) in [6.07, 6.45) is 6.32. The summed E-state index contributed by atoms with van der Waals surface area (Å²) in [5, 5.41) is 12.1. The van der Waals surface area contributed by atoms with Crippen LogP contribution in [0.1, 0.15) is 59.3 Å². The van der Waals surface area contributed by atoms with E-state index in [0.717, 1.165) is 12.8 Å². The second-order valence-corrected chi connectivity index (χ2v) is 4.24. The molecular formula is C12H25NO2. The monoisotopic (exact) mass is 215 g/mol. The van der Waals surface area contributed by atoms with Gasteiger partial charge in [-0.15, -0.1) is 0 Å². The first-order valence-electron chi connectivity index (χ1n) is 6.10. The molecule has 3 nitrogen and oxygen atoms in total. The lowest BCUT2D eigenvalue weighted by molar-refractivity contribution is -0.139. The number of carbonyl (C=O) groups is 1. The molecule has 0 bridgehead atoms. The Hall–Kier alpha value is -0.570. The van der Waals surface area contributed by atoms with E-state index >= 15 is 0 Å². The second kappa shape index (κ2) is 8.72. The van der Waals surface area contributed by atoms with Crippen LogP contribution in [0.3, 0.4) is 0 Å². The molecule has 0 saturated heterocycles. The summed E-state index contributed by atoms with van der Waals surface area (Å²) in [6, 6.07) is -0.0594. The van der Waals surface area contributed by atoms with E-state index in [-0.39, 0.29) is 6.04 Å². The van der Waals surface area contributed by atoms with Gasteiger partial charge in [-0.25, -0.2) is 0 Å². The fraction of sp³-hybridized carbons (Fsp3) is 0.917. The van der Waals surface area contributed by atoms with Crippen molar-refractivity contribution in [2.75, 3.05) is 0 Å². The van der Waals surface area contributed by atoms with Gasteiger partial charge in [0, 0.05) is 6.04 Å². The summed E-state index contributed by atoms with van der Waals surface area (Å²) in [5.41, 5.74) is 0. The van der Waals surface area contributed by atoms with Crippen LogP contribution in [-0.4, -0.2) is 23.2 Å². The third-order valence-electron chi connectivity index (χ3n) is 2.60. The summed E-state index contributed by atoms with van der Waals surface area (Å²) in [6.45, 7) is 6.26. The molecule has 2 N–H and O–H groups in total. The maximum atomic E-state index is 10.9. The molecule has 0 aliphatic carbocycles. The van der Waals surface area contributed by atoms with Crippen molar-refractivity contribution in [3.05, 3.63) is 0 Å². The average molecular weight is 215 g/mol. The molecule has 90 valence electrons. The van der Waals surface area contributed by atoms with Crippen molar-refractivity contribution >= 4 is 5.97 Å². The zero-order valence-corrected chi connectivity index (χ0v) is 10.3. The van der Waals surface area contributed by atoms with Crippen molar-refractivity contribution in [3.8, 4) is 0 Å². The highest BCUT2D eigenvalue weighted by atomic mass is 16.4. The van der Waals surface area contributed by atoms with Gasteiger partial charge in [-0.05, 0) is 19.8 Å². The Balaban J connectivity index is 3.78.